The molecular formula is C14H19ClN2O. The van der Waals surface area contributed by atoms with Crippen molar-refractivity contribution in [3.63, 3.8) is 0 Å². The number of carbonyl (C=O) groups is 1. The van der Waals surface area contributed by atoms with E-state index in [4.69, 9.17) is 11.6 Å². The summed E-state index contributed by atoms with van der Waals surface area (Å²) < 4.78 is 0. The summed E-state index contributed by atoms with van der Waals surface area (Å²) in [6, 6.07) is 5.76. The van der Waals surface area contributed by atoms with Crippen LogP contribution in [0.5, 0.6) is 0 Å². The molecule has 0 radical (unpaired) electrons. The highest BCUT2D eigenvalue weighted by Crippen LogP contribution is 2.15. The van der Waals surface area contributed by atoms with Crippen LogP contribution < -0.4 is 10.6 Å². The Labute approximate surface area is 113 Å². The van der Waals surface area contributed by atoms with Crippen LogP contribution in [0.2, 0.25) is 5.02 Å². The molecule has 1 aliphatic heterocycles. The van der Waals surface area contributed by atoms with E-state index in [9.17, 15) is 4.79 Å². The average Bonchev–Trinajstić information content (AvgIpc) is 2.37. The fourth-order valence-corrected chi connectivity index (χ4v) is 2.52. The molecule has 0 saturated carbocycles. The zero-order valence-corrected chi connectivity index (χ0v) is 11.4. The molecule has 3 nitrogen and oxygen atoms in total. The molecule has 1 saturated heterocycles. The molecule has 2 N–H and O–H groups in total. The average molecular weight is 267 g/mol. The smallest absolute Gasteiger partial charge is 0.251 e. The van der Waals surface area contributed by atoms with Gasteiger partial charge in [0.25, 0.3) is 5.91 Å². The van der Waals surface area contributed by atoms with Gasteiger partial charge in [-0.2, -0.15) is 0 Å². The van der Waals surface area contributed by atoms with Gasteiger partial charge in [-0.1, -0.05) is 18.0 Å². The van der Waals surface area contributed by atoms with E-state index in [0.717, 1.165) is 18.5 Å². The van der Waals surface area contributed by atoms with E-state index in [1.807, 2.05) is 13.0 Å². The van der Waals surface area contributed by atoms with Crippen LogP contribution in [-0.2, 0) is 0 Å². The third-order valence-corrected chi connectivity index (χ3v) is 3.59. The summed E-state index contributed by atoms with van der Waals surface area (Å²) in [5.74, 6) is -0.0171. The lowest BCUT2D eigenvalue weighted by molar-refractivity contribution is 0.0947. The normalized spacial score (nSPS) is 19.6. The summed E-state index contributed by atoms with van der Waals surface area (Å²) in [4.78, 5) is 12.0. The van der Waals surface area contributed by atoms with E-state index in [1.165, 1.54) is 12.8 Å². The monoisotopic (exact) mass is 266 g/mol. The molecule has 2 rings (SSSR count). The van der Waals surface area contributed by atoms with Crippen molar-refractivity contribution >= 4 is 17.5 Å². The number of nitrogens with one attached hydrogen (secondary N) is 2. The summed E-state index contributed by atoms with van der Waals surface area (Å²) in [5.41, 5.74) is 1.62. The van der Waals surface area contributed by atoms with Gasteiger partial charge >= 0.3 is 0 Å². The summed E-state index contributed by atoms with van der Waals surface area (Å²) in [6.07, 6.45) is 3.62. The number of aryl methyl sites for hydroxylation is 1. The Kier molecular flexibility index (Phi) is 4.61. The van der Waals surface area contributed by atoms with Crippen LogP contribution in [0.4, 0.5) is 0 Å². The topological polar surface area (TPSA) is 41.1 Å². The molecule has 98 valence electrons. The Balaban J connectivity index is 1.90. The van der Waals surface area contributed by atoms with Crippen LogP contribution in [-0.4, -0.2) is 25.0 Å². The Morgan fingerprint density at radius 3 is 3.00 bits per heavy atom. The molecule has 1 amide bonds. The first-order valence-corrected chi connectivity index (χ1v) is 6.82. The first-order valence-electron chi connectivity index (χ1n) is 6.44. The minimum absolute atomic E-state index is 0.0171. The lowest BCUT2D eigenvalue weighted by Crippen LogP contribution is -2.43. The molecule has 1 aromatic carbocycles. The Bertz CT molecular complexity index is 428. The van der Waals surface area contributed by atoms with Gasteiger partial charge in [0.15, 0.2) is 0 Å². The summed E-state index contributed by atoms with van der Waals surface area (Å²) in [6.45, 7) is 3.65. The fraction of sp³-hybridized carbons (Fsp3) is 0.500. The van der Waals surface area contributed by atoms with Crippen molar-refractivity contribution < 1.29 is 4.79 Å². The van der Waals surface area contributed by atoms with Crippen LogP contribution >= 0.6 is 11.6 Å². The molecular weight excluding hydrogens is 248 g/mol. The standard InChI is InChI=1S/C14H19ClN2O/c1-10-8-11(15)5-6-13(10)14(18)17-9-12-4-2-3-7-16-12/h5-6,8,12,16H,2-4,7,9H2,1H3,(H,17,18). The Hall–Kier alpha value is -1.06. The third-order valence-electron chi connectivity index (χ3n) is 3.35. The lowest BCUT2D eigenvalue weighted by atomic mass is 10.0. The lowest BCUT2D eigenvalue weighted by Gasteiger charge is -2.23. The second kappa shape index (κ2) is 6.21. The molecule has 0 spiro atoms. The minimum atomic E-state index is -0.0171. The van der Waals surface area contributed by atoms with E-state index < -0.39 is 0 Å². The molecule has 1 aliphatic rings. The van der Waals surface area contributed by atoms with E-state index in [1.54, 1.807) is 12.1 Å². The third kappa shape index (κ3) is 3.47. The SMILES string of the molecule is Cc1cc(Cl)ccc1C(=O)NCC1CCCCN1. The molecule has 1 fully saturated rings. The van der Waals surface area contributed by atoms with Crippen molar-refractivity contribution in [3.8, 4) is 0 Å². The van der Waals surface area contributed by atoms with Crippen molar-refractivity contribution in [2.45, 2.75) is 32.2 Å². The molecule has 4 heteroatoms. The van der Waals surface area contributed by atoms with E-state index in [-0.39, 0.29) is 5.91 Å². The zero-order chi connectivity index (χ0) is 13.0. The predicted molar refractivity (Wildman–Crippen MR) is 74.2 cm³/mol. The molecule has 18 heavy (non-hydrogen) atoms. The van der Waals surface area contributed by atoms with Gasteiger partial charge in [0.05, 0.1) is 0 Å². The molecule has 0 aliphatic carbocycles. The van der Waals surface area contributed by atoms with Gasteiger partial charge in [-0.25, -0.2) is 0 Å². The highest BCUT2D eigenvalue weighted by atomic mass is 35.5. The van der Waals surface area contributed by atoms with Gasteiger partial charge in [-0.05, 0) is 50.1 Å². The maximum absolute atomic E-state index is 12.0. The van der Waals surface area contributed by atoms with Crippen molar-refractivity contribution in [3.05, 3.63) is 34.3 Å². The Morgan fingerprint density at radius 1 is 1.50 bits per heavy atom. The van der Waals surface area contributed by atoms with Crippen LogP contribution in [0.3, 0.4) is 0 Å². The van der Waals surface area contributed by atoms with E-state index >= 15 is 0 Å². The van der Waals surface area contributed by atoms with Gasteiger partial charge in [0.1, 0.15) is 0 Å². The molecule has 1 aromatic rings. The number of carbonyl (C=O) groups excluding carboxylic acids is 1. The largest absolute Gasteiger partial charge is 0.350 e. The van der Waals surface area contributed by atoms with Crippen LogP contribution in [0.15, 0.2) is 18.2 Å². The van der Waals surface area contributed by atoms with Gasteiger partial charge in [-0.15, -0.1) is 0 Å². The number of hydrogen-bond acceptors (Lipinski definition) is 2. The second-order valence-corrected chi connectivity index (χ2v) is 5.25. The van der Waals surface area contributed by atoms with Crippen LogP contribution in [0, 0.1) is 6.92 Å². The van der Waals surface area contributed by atoms with Gasteiger partial charge in [0, 0.05) is 23.2 Å². The predicted octanol–water partition coefficient (Wildman–Crippen LogP) is 2.52. The second-order valence-electron chi connectivity index (χ2n) is 4.82. The maximum Gasteiger partial charge on any atom is 0.251 e. The van der Waals surface area contributed by atoms with E-state index in [2.05, 4.69) is 10.6 Å². The first kappa shape index (κ1) is 13.4. The quantitative estimate of drug-likeness (QED) is 0.883. The van der Waals surface area contributed by atoms with Crippen molar-refractivity contribution in [2.24, 2.45) is 0 Å². The molecule has 0 bridgehead atoms. The summed E-state index contributed by atoms with van der Waals surface area (Å²) in [7, 11) is 0. The van der Waals surface area contributed by atoms with Crippen molar-refractivity contribution in [1.29, 1.82) is 0 Å². The number of hydrogen-bond donors (Lipinski definition) is 2. The highest BCUT2D eigenvalue weighted by molar-refractivity contribution is 6.30. The number of amides is 1. The number of benzene rings is 1. The molecule has 1 unspecified atom stereocenters. The van der Waals surface area contributed by atoms with Gasteiger partial charge in [0.2, 0.25) is 0 Å². The minimum Gasteiger partial charge on any atom is -0.350 e. The van der Waals surface area contributed by atoms with Crippen LogP contribution in [0.25, 0.3) is 0 Å². The number of halogens is 1. The van der Waals surface area contributed by atoms with Crippen LogP contribution in [0.1, 0.15) is 35.2 Å². The Morgan fingerprint density at radius 2 is 2.33 bits per heavy atom. The first-order chi connectivity index (χ1) is 8.66. The maximum atomic E-state index is 12.0. The summed E-state index contributed by atoms with van der Waals surface area (Å²) >= 11 is 5.88. The van der Waals surface area contributed by atoms with Gasteiger partial charge < -0.3 is 10.6 Å². The van der Waals surface area contributed by atoms with Crippen molar-refractivity contribution in [2.75, 3.05) is 13.1 Å². The van der Waals surface area contributed by atoms with Gasteiger partial charge in [-0.3, -0.25) is 4.79 Å². The number of rotatable bonds is 3. The summed E-state index contributed by atoms with van der Waals surface area (Å²) in [5, 5.41) is 7.06. The molecule has 1 atom stereocenters. The molecule has 0 aromatic heterocycles. The zero-order valence-electron chi connectivity index (χ0n) is 10.6. The highest BCUT2D eigenvalue weighted by Gasteiger charge is 2.14. The van der Waals surface area contributed by atoms with E-state index in [0.29, 0.717) is 23.2 Å². The number of piperidine rings is 1. The fourth-order valence-electron chi connectivity index (χ4n) is 2.29. The molecule has 1 heterocycles. The van der Waals surface area contributed by atoms with Crippen molar-refractivity contribution in [1.82, 2.24) is 10.6 Å².